The zero-order valence-corrected chi connectivity index (χ0v) is 16.5. The maximum absolute atomic E-state index is 13.2. The molecule has 1 aliphatic rings. The van der Waals surface area contributed by atoms with Gasteiger partial charge in [-0.1, -0.05) is 48.5 Å². The monoisotopic (exact) mass is 411 g/mol. The largest absolute Gasteiger partial charge is 0.342 e. The number of rotatable bonds is 4. The van der Waals surface area contributed by atoms with E-state index in [9.17, 15) is 14.0 Å². The van der Waals surface area contributed by atoms with E-state index in [0.717, 1.165) is 22.0 Å². The Labute approximate surface area is 178 Å². The van der Waals surface area contributed by atoms with Gasteiger partial charge in [0, 0.05) is 29.2 Å². The summed E-state index contributed by atoms with van der Waals surface area (Å²) >= 11 is 0. The maximum Gasteiger partial charge on any atom is 0.282 e. The van der Waals surface area contributed by atoms with Gasteiger partial charge in [0.05, 0.1) is 5.69 Å². The number of nitrogens with one attached hydrogen (secondary N) is 1. The molecule has 2 amide bonds. The standard InChI is InChI=1S/C25H18FN3O2/c26-19-12-10-17(11-13-19)15-28-16-18(21-8-4-5-9-23(21)28)14-22-24(30)27-29(25(22)31)20-6-2-1-3-7-20/h1-14,16H,15H2,(H,27,30). The van der Waals surface area contributed by atoms with Gasteiger partial charge in [0.25, 0.3) is 11.8 Å². The van der Waals surface area contributed by atoms with Crippen molar-refractivity contribution in [2.24, 2.45) is 0 Å². The first-order valence-electron chi connectivity index (χ1n) is 9.85. The van der Waals surface area contributed by atoms with Gasteiger partial charge in [0.1, 0.15) is 11.4 Å². The average molecular weight is 411 g/mol. The number of carbonyl (C=O) groups is 2. The number of benzene rings is 3. The molecule has 6 heteroatoms. The fraction of sp³-hybridized carbons (Fsp3) is 0.0400. The predicted octanol–water partition coefficient (Wildman–Crippen LogP) is 4.29. The molecule has 152 valence electrons. The molecule has 1 N–H and O–H groups in total. The number of hydrazine groups is 1. The Kier molecular flexibility index (Phi) is 4.59. The molecule has 1 fully saturated rings. The molecule has 0 radical (unpaired) electrons. The quantitative estimate of drug-likeness (QED) is 0.402. The van der Waals surface area contributed by atoms with Crippen molar-refractivity contribution in [1.82, 2.24) is 9.99 Å². The van der Waals surface area contributed by atoms with Crippen molar-refractivity contribution in [2.75, 3.05) is 5.01 Å². The first-order chi connectivity index (χ1) is 15.1. The number of carbonyl (C=O) groups excluding carboxylic acids is 2. The number of nitrogens with zero attached hydrogens (tertiary/aromatic N) is 2. The van der Waals surface area contributed by atoms with E-state index in [1.807, 2.05) is 41.1 Å². The number of halogens is 1. The van der Waals surface area contributed by atoms with Gasteiger partial charge in [0.15, 0.2) is 0 Å². The van der Waals surface area contributed by atoms with Crippen molar-refractivity contribution in [3.05, 3.63) is 108 Å². The Morgan fingerprint density at radius 2 is 1.58 bits per heavy atom. The van der Waals surface area contributed by atoms with Crippen LogP contribution in [0.2, 0.25) is 0 Å². The van der Waals surface area contributed by atoms with Gasteiger partial charge in [-0.05, 0) is 42.0 Å². The second-order valence-corrected chi connectivity index (χ2v) is 7.33. The third kappa shape index (κ3) is 3.48. The Hall–Kier alpha value is -4.19. The molecule has 0 aliphatic carbocycles. The molecule has 0 spiro atoms. The van der Waals surface area contributed by atoms with Crippen molar-refractivity contribution in [2.45, 2.75) is 6.54 Å². The number of amides is 2. The van der Waals surface area contributed by atoms with Crippen LogP contribution in [0.5, 0.6) is 0 Å². The van der Waals surface area contributed by atoms with Gasteiger partial charge in [0.2, 0.25) is 0 Å². The highest BCUT2D eigenvalue weighted by atomic mass is 19.1. The van der Waals surface area contributed by atoms with Gasteiger partial charge < -0.3 is 4.57 Å². The molecule has 31 heavy (non-hydrogen) atoms. The summed E-state index contributed by atoms with van der Waals surface area (Å²) in [5.41, 5.74) is 5.98. The van der Waals surface area contributed by atoms with Gasteiger partial charge in [-0.2, -0.15) is 0 Å². The van der Waals surface area contributed by atoms with E-state index in [0.29, 0.717) is 12.2 Å². The first-order valence-corrected chi connectivity index (χ1v) is 9.85. The van der Waals surface area contributed by atoms with E-state index in [-0.39, 0.29) is 11.4 Å². The van der Waals surface area contributed by atoms with Crippen LogP contribution in [0.3, 0.4) is 0 Å². The second-order valence-electron chi connectivity index (χ2n) is 7.33. The van der Waals surface area contributed by atoms with Crippen LogP contribution in [0.1, 0.15) is 11.1 Å². The lowest BCUT2D eigenvalue weighted by molar-refractivity contribution is -0.117. The summed E-state index contributed by atoms with van der Waals surface area (Å²) in [4.78, 5) is 25.5. The lowest BCUT2D eigenvalue weighted by Gasteiger charge is -2.13. The zero-order valence-electron chi connectivity index (χ0n) is 16.5. The third-order valence-electron chi connectivity index (χ3n) is 5.29. The molecule has 2 heterocycles. The molecular formula is C25H18FN3O2. The number of anilines is 1. The summed E-state index contributed by atoms with van der Waals surface area (Å²) < 4.78 is 15.3. The highest BCUT2D eigenvalue weighted by molar-refractivity contribution is 6.32. The number of fused-ring (bicyclic) bond motifs is 1. The van der Waals surface area contributed by atoms with Crippen LogP contribution >= 0.6 is 0 Å². The summed E-state index contributed by atoms with van der Waals surface area (Å²) in [7, 11) is 0. The zero-order chi connectivity index (χ0) is 21.4. The molecule has 1 aromatic heterocycles. The lowest BCUT2D eigenvalue weighted by Crippen LogP contribution is -2.35. The molecule has 0 bridgehead atoms. The minimum absolute atomic E-state index is 0.0774. The lowest BCUT2D eigenvalue weighted by atomic mass is 10.1. The molecule has 4 aromatic rings. The summed E-state index contributed by atoms with van der Waals surface area (Å²) in [6, 6.07) is 23.1. The third-order valence-corrected chi connectivity index (χ3v) is 5.29. The minimum Gasteiger partial charge on any atom is -0.342 e. The number of para-hydroxylation sites is 2. The molecule has 0 saturated carbocycles. The van der Waals surface area contributed by atoms with Crippen molar-refractivity contribution in [3.8, 4) is 0 Å². The van der Waals surface area contributed by atoms with E-state index in [1.165, 1.54) is 17.1 Å². The summed E-state index contributed by atoms with van der Waals surface area (Å²) in [6.45, 7) is 0.542. The Balaban J connectivity index is 1.53. The number of aromatic nitrogens is 1. The van der Waals surface area contributed by atoms with E-state index < -0.39 is 11.8 Å². The van der Waals surface area contributed by atoms with Crippen LogP contribution < -0.4 is 10.4 Å². The molecular weight excluding hydrogens is 393 g/mol. The Morgan fingerprint density at radius 3 is 2.35 bits per heavy atom. The summed E-state index contributed by atoms with van der Waals surface area (Å²) in [5.74, 6) is -1.11. The van der Waals surface area contributed by atoms with Crippen LogP contribution in [-0.4, -0.2) is 16.4 Å². The molecule has 5 nitrogen and oxygen atoms in total. The normalized spacial score (nSPS) is 15.1. The first kappa shape index (κ1) is 18.8. The number of hydrogen-bond acceptors (Lipinski definition) is 2. The highest BCUT2D eigenvalue weighted by Gasteiger charge is 2.34. The summed E-state index contributed by atoms with van der Waals surface area (Å²) in [5, 5.41) is 2.18. The molecule has 1 saturated heterocycles. The second kappa shape index (κ2) is 7.57. The van der Waals surface area contributed by atoms with Crippen LogP contribution in [0, 0.1) is 5.82 Å². The minimum atomic E-state index is -0.441. The van der Waals surface area contributed by atoms with E-state index >= 15 is 0 Å². The van der Waals surface area contributed by atoms with E-state index in [2.05, 4.69) is 5.43 Å². The van der Waals surface area contributed by atoms with Crippen molar-refractivity contribution < 1.29 is 14.0 Å². The number of hydrogen-bond donors (Lipinski definition) is 1. The molecule has 0 atom stereocenters. The van der Waals surface area contributed by atoms with Gasteiger partial charge in [-0.15, -0.1) is 0 Å². The fourth-order valence-electron chi connectivity index (χ4n) is 3.78. The Bertz CT molecular complexity index is 1320. The van der Waals surface area contributed by atoms with Gasteiger partial charge in [-0.25, -0.2) is 9.40 Å². The Morgan fingerprint density at radius 1 is 0.871 bits per heavy atom. The highest BCUT2D eigenvalue weighted by Crippen LogP contribution is 2.27. The van der Waals surface area contributed by atoms with Crippen LogP contribution in [0.25, 0.3) is 17.0 Å². The molecule has 0 unspecified atom stereocenters. The van der Waals surface area contributed by atoms with E-state index in [1.54, 1.807) is 42.5 Å². The molecule has 3 aromatic carbocycles. The van der Waals surface area contributed by atoms with Gasteiger partial charge in [-0.3, -0.25) is 15.0 Å². The van der Waals surface area contributed by atoms with E-state index in [4.69, 9.17) is 0 Å². The SMILES string of the molecule is O=C1NN(c2ccccc2)C(=O)C1=Cc1cn(Cc2ccc(F)cc2)c2ccccc12. The average Bonchev–Trinajstić information content (AvgIpc) is 3.28. The van der Waals surface area contributed by atoms with Crippen molar-refractivity contribution in [1.29, 1.82) is 0 Å². The topological polar surface area (TPSA) is 54.3 Å². The molecule has 5 rings (SSSR count). The van der Waals surface area contributed by atoms with Crippen LogP contribution in [0.15, 0.2) is 90.6 Å². The van der Waals surface area contributed by atoms with Crippen LogP contribution in [-0.2, 0) is 16.1 Å². The fourth-order valence-corrected chi connectivity index (χ4v) is 3.78. The van der Waals surface area contributed by atoms with Gasteiger partial charge >= 0.3 is 0 Å². The smallest absolute Gasteiger partial charge is 0.282 e. The van der Waals surface area contributed by atoms with Crippen LogP contribution in [0.4, 0.5) is 10.1 Å². The van der Waals surface area contributed by atoms with Crippen molar-refractivity contribution in [3.63, 3.8) is 0 Å². The maximum atomic E-state index is 13.2. The summed E-state index contributed by atoms with van der Waals surface area (Å²) in [6.07, 6.45) is 3.54. The molecule has 1 aliphatic heterocycles. The predicted molar refractivity (Wildman–Crippen MR) is 117 cm³/mol. The van der Waals surface area contributed by atoms with Crippen molar-refractivity contribution >= 4 is 34.5 Å².